The first kappa shape index (κ1) is 24.9. The Labute approximate surface area is 200 Å². The van der Waals surface area contributed by atoms with Crippen LogP contribution in [0.5, 0.6) is 0 Å². The van der Waals surface area contributed by atoms with E-state index in [1.165, 1.54) is 16.6 Å². The van der Waals surface area contributed by atoms with Gasteiger partial charge >= 0.3 is 12.1 Å². The van der Waals surface area contributed by atoms with Crippen molar-refractivity contribution < 1.29 is 27.5 Å². The van der Waals surface area contributed by atoms with E-state index in [4.69, 9.17) is 0 Å². The Hall–Kier alpha value is -3.17. The maximum absolute atomic E-state index is 15.6. The van der Waals surface area contributed by atoms with Gasteiger partial charge in [-0.3, -0.25) is 4.79 Å². The van der Waals surface area contributed by atoms with Crippen molar-refractivity contribution in [2.24, 2.45) is 5.41 Å². The molecule has 10 heteroatoms. The number of aryl methyl sites for hydroxylation is 1. The van der Waals surface area contributed by atoms with Crippen molar-refractivity contribution in [1.82, 2.24) is 14.6 Å². The van der Waals surface area contributed by atoms with Crippen LogP contribution in [-0.2, 0) is 11.0 Å². The number of halogens is 4. The van der Waals surface area contributed by atoms with Crippen LogP contribution in [0.2, 0.25) is 0 Å². The van der Waals surface area contributed by atoms with Gasteiger partial charge in [0.1, 0.15) is 11.5 Å². The minimum Gasteiger partial charge on any atom is -0.481 e. The highest BCUT2D eigenvalue weighted by molar-refractivity contribution is 5.76. The maximum Gasteiger partial charge on any atom is 0.416 e. The Kier molecular flexibility index (Phi) is 6.27. The van der Waals surface area contributed by atoms with Crippen molar-refractivity contribution >= 4 is 17.4 Å². The molecule has 0 amide bonds. The quantitative estimate of drug-likeness (QED) is 0.438. The molecule has 1 saturated heterocycles. The van der Waals surface area contributed by atoms with E-state index >= 15 is 4.39 Å². The molecule has 188 valence electrons. The van der Waals surface area contributed by atoms with Gasteiger partial charge in [0, 0.05) is 29.9 Å². The van der Waals surface area contributed by atoms with E-state index in [1.54, 1.807) is 6.92 Å². The second-order valence-corrected chi connectivity index (χ2v) is 9.53. The summed E-state index contributed by atoms with van der Waals surface area (Å²) in [4.78, 5) is 18.6. The SMILES string of the molecule is CCC1(C(=O)O)CCCN(c2c(C(C)C)c(C)nc3c(F)c(-c4ccc(C(F)(F)F)cc4)nn23)C1. The molecule has 4 rings (SSSR count). The second-order valence-electron chi connectivity index (χ2n) is 9.53. The van der Waals surface area contributed by atoms with Gasteiger partial charge < -0.3 is 10.0 Å². The van der Waals surface area contributed by atoms with Gasteiger partial charge in [0.05, 0.1) is 11.0 Å². The second kappa shape index (κ2) is 8.80. The molecular formula is C25H28F4N4O2. The smallest absolute Gasteiger partial charge is 0.416 e. The first-order valence-corrected chi connectivity index (χ1v) is 11.6. The number of anilines is 1. The number of nitrogens with zero attached hydrogens (tertiary/aromatic N) is 4. The normalized spacial score (nSPS) is 19.1. The number of aliphatic carboxylic acids is 1. The van der Waals surface area contributed by atoms with Crippen molar-refractivity contribution in [3.05, 3.63) is 46.9 Å². The largest absolute Gasteiger partial charge is 0.481 e. The molecule has 1 aliphatic heterocycles. The van der Waals surface area contributed by atoms with Crippen LogP contribution in [0, 0.1) is 18.2 Å². The Balaban J connectivity index is 1.91. The summed E-state index contributed by atoms with van der Waals surface area (Å²) in [5.74, 6) is -1.03. The number of piperidine rings is 1. The fraction of sp³-hybridized carbons (Fsp3) is 0.480. The van der Waals surface area contributed by atoms with E-state index in [0.717, 1.165) is 17.7 Å². The summed E-state index contributed by atoms with van der Waals surface area (Å²) in [6.45, 7) is 8.40. The molecule has 0 radical (unpaired) electrons. The molecule has 1 N–H and O–H groups in total. The third-order valence-electron chi connectivity index (χ3n) is 6.98. The first-order valence-electron chi connectivity index (χ1n) is 11.6. The number of fused-ring (bicyclic) bond motifs is 1. The van der Waals surface area contributed by atoms with Gasteiger partial charge in [-0.2, -0.15) is 22.8 Å². The summed E-state index contributed by atoms with van der Waals surface area (Å²) in [6.07, 6.45) is -2.86. The number of carbonyl (C=O) groups is 1. The minimum atomic E-state index is -4.50. The van der Waals surface area contributed by atoms with Crippen LogP contribution < -0.4 is 4.90 Å². The molecule has 1 atom stereocenters. The van der Waals surface area contributed by atoms with Crippen molar-refractivity contribution in [3.63, 3.8) is 0 Å². The summed E-state index contributed by atoms with van der Waals surface area (Å²) in [5, 5.41) is 14.4. The Morgan fingerprint density at radius 1 is 1.23 bits per heavy atom. The van der Waals surface area contributed by atoms with Crippen molar-refractivity contribution in [2.75, 3.05) is 18.0 Å². The third kappa shape index (κ3) is 4.23. The number of carboxylic acid groups (broad SMARTS) is 1. The van der Waals surface area contributed by atoms with Crippen molar-refractivity contribution in [1.29, 1.82) is 0 Å². The van der Waals surface area contributed by atoms with Crippen molar-refractivity contribution in [2.45, 2.75) is 59.1 Å². The van der Waals surface area contributed by atoms with Crippen LogP contribution in [0.15, 0.2) is 24.3 Å². The van der Waals surface area contributed by atoms with Crippen LogP contribution in [-0.4, -0.2) is 38.8 Å². The molecular weight excluding hydrogens is 464 g/mol. The lowest BCUT2D eigenvalue weighted by atomic mass is 9.77. The van der Waals surface area contributed by atoms with Gasteiger partial charge in [0.15, 0.2) is 11.5 Å². The van der Waals surface area contributed by atoms with Gasteiger partial charge in [-0.1, -0.05) is 32.9 Å². The maximum atomic E-state index is 15.6. The lowest BCUT2D eigenvalue weighted by Crippen LogP contribution is -2.48. The molecule has 1 aliphatic rings. The van der Waals surface area contributed by atoms with E-state index in [-0.39, 0.29) is 29.4 Å². The molecule has 3 aromatic rings. The van der Waals surface area contributed by atoms with Crippen LogP contribution >= 0.6 is 0 Å². The molecule has 0 spiro atoms. The summed E-state index contributed by atoms with van der Waals surface area (Å²) >= 11 is 0. The number of rotatable bonds is 5. The van der Waals surface area contributed by atoms with E-state index in [9.17, 15) is 23.1 Å². The first-order chi connectivity index (χ1) is 16.4. The average Bonchev–Trinajstić information content (AvgIpc) is 3.13. The number of hydrogen-bond acceptors (Lipinski definition) is 4. The molecule has 0 saturated carbocycles. The zero-order valence-corrected chi connectivity index (χ0v) is 20.1. The van der Waals surface area contributed by atoms with E-state index in [1.807, 2.05) is 25.7 Å². The highest BCUT2D eigenvalue weighted by Gasteiger charge is 2.42. The molecule has 1 aromatic carbocycles. The Morgan fingerprint density at radius 2 is 1.89 bits per heavy atom. The topological polar surface area (TPSA) is 70.7 Å². The lowest BCUT2D eigenvalue weighted by molar-refractivity contribution is -0.149. The van der Waals surface area contributed by atoms with Crippen LogP contribution in [0.3, 0.4) is 0 Å². The zero-order chi connectivity index (χ0) is 25.7. The average molecular weight is 493 g/mol. The number of benzene rings is 1. The zero-order valence-electron chi connectivity index (χ0n) is 20.1. The van der Waals surface area contributed by atoms with Crippen molar-refractivity contribution in [3.8, 4) is 11.3 Å². The summed E-state index contributed by atoms with van der Waals surface area (Å²) in [5.41, 5.74) is -0.287. The third-order valence-corrected chi connectivity index (χ3v) is 6.98. The minimum absolute atomic E-state index is 0.00791. The van der Waals surface area contributed by atoms with Gasteiger partial charge in [0.2, 0.25) is 0 Å². The lowest BCUT2D eigenvalue weighted by Gasteiger charge is -2.41. The monoisotopic (exact) mass is 492 g/mol. The molecule has 1 fully saturated rings. The fourth-order valence-corrected chi connectivity index (χ4v) is 5.04. The highest BCUT2D eigenvalue weighted by atomic mass is 19.4. The highest BCUT2D eigenvalue weighted by Crippen LogP contribution is 2.40. The number of hydrogen-bond donors (Lipinski definition) is 1. The molecule has 1 unspecified atom stereocenters. The van der Waals surface area contributed by atoms with Gasteiger partial charge in [0.25, 0.3) is 0 Å². The summed E-state index contributed by atoms with van der Waals surface area (Å²) in [7, 11) is 0. The molecule has 0 bridgehead atoms. The molecule has 2 aromatic heterocycles. The summed E-state index contributed by atoms with van der Waals surface area (Å²) < 4.78 is 55.9. The van der Waals surface area contributed by atoms with Gasteiger partial charge in [-0.25, -0.2) is 9.37 Å². The summed E-state index contributed by atoms with van der Waals surface area (Å²) in [6, 6.07) is 4.17. The molecule has 35 heavy (non-hydrogen) atoms. The standard InChI is InChI=1S/C25H28F4N4O2/c1-5-24(23(34)35)11-6-12-32(13-24)22-18(14(2)3)15(4)30-21-19(26)20(31-33(21)22)16-7-9-17(10-8-16)25(27,28)29/h7-10,14H,5-6,11-13H2,1-4H3,(H,34,35). The number of alkyl halides is 3. The molecule has 6 nitrogen and oxygen atoms in total. The molecule has 3 heterocycles. The van der Waals surface area contributed by atoms with Gasteiger partial charge in [-0.05, 0) is 44.2 Å². The van der Waals surface area contributed by atoms with Crippen LogP contribution in [0.25, 0.3) is 16.9 Å². The predicted molar refractivity (Wildman–Crippen MR) is 124 cm³/mol. The Morgan fingerprint density at radius 3 is 2.43 bits per heavy atom. The van der Waals surface area contributed by atoms with E-state index < -0.39 is 28.9 Å². The predicted octanol–water partition coefficient (Wildman–Crippen LogP) is 6.07. The number of carboxylic acids is 1. The van der Waals surface area contributed by atoms with E-state index in [2.05, 4.69) is 10.1 Å². The fourth-order valence-electron chi connectivity index (χ4n) is 5.04. The van der Waals surface area contributed by atoms with Gasteiger partial charge in [-0.15, -0.1) is 0 Å². The number of aromatic nitrogens is 3. The molecule has 0 aliphatic carbocycles. The van der Waals surface area contributed by atoms with E-state index in [0.29, 0.717) is 37.3 Å². The van der Waals surface area contributed by atoms with Crippen LogP contribution in [0.4, 0.5) is 23.4 Å². The Bertz CT molecular complexity index is 1270. The van der Waals surface area contributed by atoms with Crippen LogP contribution in [0.1, 0.15) is 62.8 Å².